The van der Waals surface area contributed by atoms with Crippen molar-refractivity contribution in [1.82, 2.24) is 14.0 Å². The van der Waals surface area contributed by atoms with Crippen molar-refractivity contribution in [1.29, 1.82) is 0 Å². The van der Waals surface area contributed by atoms with Crippen molar-refractivity contribution in [2.75, 3.05) is 21.1 Å². The van der Waals surface area contributed by atoms with Gasteiger partial charge in [0.05, 0.1) is 0 Å². The Kier molecular flexibility index (Phi) is 11.5. The zero-order valence-electron chi connectivity index (χ0n) is 25.2. The van der Waals surface area contributed by atoms with Crippen molar-refractivity contribution in [2.24, 2.45) is 11.8 Å². The number of hydrogen-bond acceptors (Lipinski definition) is 3. The van der Waals surface area contributed by atoms with Crippen molar-refractivity contribution in [2.45, 2.75) is 172 Å². The van der Waals surface area contributed by atoms with Crippen molar-refractivity contribution < 1.29 is 0 Å². The Morgan fingerprint density at radius 1 is 0.528 bits per heavy atom. The second kappa shape index (κ2) is 14.1. The van der Waals surface area contributed by atoms with Gasteiger partial charge in [-0.25, -0.2) is 0 Å². The fourth-order valence-corrected chi connectivity index (χ4v) is 16.8. The van der Waals surface area contributed by atoms with Gasteiger partial charge in [-0.2, -0.15) is 0 Å². The third-order valence-electron chi connectivity index (χ3n) is 11.9. The summed E-state index contributed by atoms with van der Waals surface area (Å²) in [5.74, 6) is 1.85. The van der Waals surface area contributed by atoms with Gasteiger partial charge in [-0.15, -0.1) is 0 Å². The first kappa shape index (κ1) is 29.3. The Morgan fingerprint density at radius 2 is 0.833 bits per heavy atom. The topological polar surface area (TPSA) is 9.72 Å². The summed E-state index contributed by atoms with van der Waals surface area (Å²) in [7, 11) is 5.79. The quantitative estimate of drug-likeness (QED) is 0.265. The van der Waals surface area contributed by atoms with Crippen LogP contribution in [0.3, 0.4) is 0 Å². The normalized spacial score (nSPS) is 27.1. The van der Waals surface area contributed by atoms with E-state index in [1.807, 2.05) is 0 Å². The summed E-state index contributed by atoms with van der Waals surface area (Å²) in [6.07, 6.45) is 30.6. The molecule has 0 spiro atoms. The molecule has 4 aliphatic carbocycles. The van der Waals surface area contributed by atoms with E-state index in [0.29, 0.717) is 0 Å². The van der Waals surface area contributed by atoms with E-state index in [1.165, 1.54) is 135 Å². The van der Waals surface area contributed by atoms with Gasteiger partial charge in [0.15, 0.2) is 0 Å². The zero-order valence-corrected chi connectivity index (χ0v) is 26.2. The van der Waals surface area contributed by atoms with Crippen LogP contribution < -0.4 is 0 Å². The van der Waals surface area contributed by atoms with Gasteiger partial charge in [0.25, 0.3) is 0 Å². The molecular weight excluding hydrogens is 457 g/mol. The molecule has 0 amide bonds. The zero-order chi connectivity index (χ0) is 25.5. The van der Waals surface area contributed by atoms with Crippen LogP contribution in [0.1, 0.15) is 149 Å². The van der Waals surface area contributed by atoms with Crippen molar-refractivity contribution in [3.05, 3.63) is 0 Å². The number of rotatable bonds is 10. The van der Waals surface area contributed by atoms with Crippen LogP contribution in [-0.2, 0) is 0 Å². The van der Waals surface area contributed by atoms with Crippen LogP contribution in [0, 0.1) is 11.8 Å². The third kappa shape index (κ3) is 6.21. The van der Waals surface area contributed by atoms with Crippen molar-refractivity contribution in [3.63, 3.8) is 0 Å². The van der Waals surface area contributed by atoms with Crippen LogP contribution in [0.2, 0.25) is 0 Å². The molecule has 4 heteroatoms. The van der Waals surface area contributed by atoms with Crippen LogP contribution >= 0.6 is 7.71 Å². The Bertz CT molecular complexity index is 557. The molecule has 4 aliphatic rings. The van der Waals surface area contributed by atoms with E-state index in [9.17, 15) is 0 Å². The molecule has 2 unspecified atom stereocenters. The van der Waals surface area contributed by atoms with Gasteiger partial charge in [0, 0.05) is 0 Å². The molecular formula is C32H64N3P. The van der Waals surface area contributed by atoms with E-state index in [-0.39, 0.29) is 0 Å². The molecule has 0 aromatic carbocycles. The van der Waals surface area contributed by atoms with Gasteiger partial charge >= 0.3 is 227 Å². The molecule has 2 atom stereocenters. The molecule has 4 rings (SSSR count). The molecule has 212 valence electrons. The second-order valence-corrected chi connectivity index (χ2v) is 18.1. The molecule has 0 saturated heterocycles. The Hall–Kier alpha value is 0.310. The summed E-state index contributed by atoms with van der Waals surface area (Å²) in [4.78, 5) is 0. The van der Waals surface area contributed by atoms with E-state index >= 15 is 0 Å². The first-order valence-electron chi connectivity index (χ1n) is 16.7. The van der Waals surface area contributed by atoms with Gasteiger partial charge in [-0.05, 0) is 0 Å². The summed E-state index contributed by atoms with van der Waals surface area (Å²) in [5.41, 5.74) is 0.802. The summed E-state index contributed by atoms with van der Waals surface area (Å²) >= 11 is 0. The van der Waals surface area contributed by atoms with E-state index < -0.39 is 7.71 Å². The van der Waals surface area contributed by atoms with E-state index in [2.05, 4.69) is 49.0 Å². The molecule has 4 saturated carbocycles. The maximum absolute atomic E-state index is 3.14. The second-order valence-electron chi connectivity index (χ2n) is 13.7. The average Bonchev–Trinajstić information content (AvgIpc) is 2.95. The van der Waals surface area contributed by atoms with E-state index in [4.69, 9.17) is 0 Å². The Labute approximate surface area is 227 Å². The predicted octanol–water partition coefficient (Wildman–Crippen LogP) is 9.27. The van der Waals surface area contributed by atoms with Gasteiger partial charge in [0.2, 0.25) is 0 Å². The fraction of sp³-hybridized carbons (Fsp3) is 1.00. The number of hydrogen-bond donors (Lipinski definition) is 0. The molecule has 0 aliphatic heterocycles. The van der Waals surface area contributed by atoms with Gasteiger partial charge in [0.1, 0.15) is 0 Å². The maximum atomic E-state index is 3.14. The number of nitrogens with zero attached hydrogens (tertiary/aromatic N) is 3. The summed E-state index contributed by atoms with van der Waals surface area (Å²) in [6, 6.07) is 2.40. The average molecular weight is 522 g/mol. The summed E-state index contributed by atoms with van der Waals surface area (Å²) in [6.45, 7) is 5.34. The van der Waals surface area contributed by atoms with Crippen LogP contribution in [0.25, 0.3) is 0 Å². The molecule has 0 bridgehead atoms. The van der Waals surface area contributed by atoms with Crippen molar-refractivity contribution in [3.8, 4) is 0 Å². The van der Waals surface area contributed by atoms with Gasteiger partial charge < -0.3 is 0 Å². The summed E-state index contributed by atoms with van der Waals surface area (Å²) in [5, 5.41) is 0. The van der Waals surface area contributed by atoms with Crippen LogP contribution in [0.4, 0.5) is 0 Å². The predicted molar refractivity (Wildman–Crippen MR) is 162 cm³/mol. The summed E-state index contributed by atoms with van der Waals surface area (Å²) < 4.78 is 9.43. The standard InChI is InChI=1S/C32H64N3P/c1-6-32(28-19-11-7-12-20-28)27(2)36(33(3)29-21-13-8-14-22-29,34(4)30-23-15-9-16-24-30)35(5)31-25-17-10-18-26-31/h27-32,36H,6-26H2,1-5H3. The van der Waals surface area contributed by atoms with Crippen LogP contribution in [-0.4, -0.2) is 58.9 Å². The van der Waals surface area contributed by atoms with Gasteiger partial charge in [-0.3, -0.25) is 0 Å². The molecule has 4 fully saturated rings. The first-order chi connectivity index (χ1) is 17.5. The Balaban J connectivity index is 1.78. The molecule has 0 heterocycles. The van der Waals surface area contributed by atoms with Gasteiger partial charge in [-0.1, -0.05) is 0 Å². The Morgan fingerprint density at radius 3 is 1.14 bits per heavy atom. The SMILES string of the molecule is CCC(C1CCCCC1)C(C)[PH](N(C)C1CCCCC1)(N(C)C1CCCCC1)N(C)C1CCCCC1. The monoisotopic (exact) mass is 521 g/mol. The van der Waals surface area contributed by atoms with E-state index in [1.54, 1.807) is 0 Å². The minimum atomic E-state index is -2.14. The van der Waals surface area contributed by atoms with E-state index in [0.717, 1.165) is 35.6 Å². The third-order valence-corrected chi connectivity index (χ3v) is 17.8. The molecule has 0 N–H and O–H groups in total. The van der Waals surface area contributed by atoms with Crippen molar-refractivity contribution >= 4 is 7.71 Å². The molecule has 36 heavy (non-hydrogen) atoms. The van der Waals surface area contributed by atoms with Crippen LogP contribution in [0.5, 0.6) is 0 Å². The fourth-order valence-electron chi connectivity index (χ4n) is 9.87. The molecule has 0 aromatic heterocycles. The first-order valence-corrected chi connectivity index (χ1v) is 18.6. The molecule has 0 radical (unpaired) electrons. The molecule has 0 aromatic rings. The molecule has 3 nitrogen and oxygen atoms in total. The van der Waals surface area contributed by atoms with Crippen LogP contribution in [0.15, 0.2) is 0 Å². The minimum absolute atomic E-state index is 0.800.